The molecule has 0 radical (unpaired) electrons. The highest BCUT2D eigenvalue weighted by molar-refractivity contribution is 5.78. The van der Waals surface area contributed by atoms with Gasteiger partial charge in [-0.3, -0.25) is 4.79 Å². The van der Waals surface area contributed by atoms with Crippen molar-refractivity contribution in [1.82, 2.24) is 4.90 Å². The van der Waals surface area contributed by atoms with Crippen LogP contribution >= 0.6 is 0 Å². The molecule has 0 saturated carbocycles. The normalized spacial score (nSPS) is 20.2. The fourth-order valence-electron chi connectivity index (χ4n) is 3.70. The van der Waals surface area contributed by atoms with Gasteiger partial charge in [0.05, 0.1) is 32.7 Å². The number of nitrogens with zero attached hydrogens (tertiary/aromatic N) is 1. The Hall–Kier alpha value is -1.75. The predicted octanol–water partition coefficient (Wildman–Crippen LogP) is 1.76. The predicted molar refractivity (Wildman–Crippen MR) is 99.2 cm³/mol. The van der Waals surface area contributed by atoms with Crippen LogP contribution in [0.3, 0.4) is 0 Å². The van der Waals surface area contributed by atoms with Crippen LogP contribution < -0.4 is 14.4 Å². The van der Waals surface area contributed by atoms with Gasteiger partial charge >= 0.3 is 0 Å². The standard InChI is InChI=1S/C20H32N2O3/c1-5-22(6-2)20(23)17-9-8-12-21(15-17)14-16-10-11-18(24-4)19(13-16)25-7-3/h10-11,13,17H,5-9,12,14-15H2,1-4H3/p+1/t17-/m0/s1. The third-order valence-corrected chi connectivity index (χ3v) is 5.02. The van der Waals surface area contributed by atoms with Gasteiger partial charge in [0.1, 0.15) is 6.54 Å². The Morgan fingerprint density at radius 3 is 2.64 bits per heavy atom. The molecule has 5 nitrogen and oxygen atoms in total. The smallest absolute Gasteiger partial charge is 0.231 e. The largest absolute Gasteiger partial charge is 0.493 e. The van der Waals surface area contributed by atoms with E-state index in [0.717, 1.165) is 57.1 Å². The van der Waals surface area contributed by atoms with Gasteiger partial charge in [-0.25, -0.2) is 0 Å². The van der Waals surface area contributed by atoms with Crippen molar-refractivity contribution in [2.45, 2.75) is 40.2 Å². The average Bonchev–Trinajstić information content (AvgIpc) is 2.63. The molecule has 1 aromatic carbocycles. The molecule has 0 aromatic heterocycles. The summed E-state index contributed by atoms with van der Waals surface area (Å²) in [5.74, 6) is 2.06. The number of amides is 1. The highest BCUT2D eigenvalue weighted by atomic mass is 16.5. The molecule has 1 heterocycles. The van der Waals surface area contributed by atoms with E-state index in [2.05, 4.69) is 26.0 Å². The second-order valence-electron chi connectivity index (χ2n) is 6.65. The van der Waals surface area contributed by atoms with Crippen LogP contribution in [0.2, 0.25) is 0 Å². The van der Waals surface area contributed by atoms with Crippen molar-refractivity contribution in [3.05, 3.63) is 23.8 Å². The van der Waals surface area contributed by atoms with E-state index in [1.807, 2.05) is 17.9 Å². The van der Waals surface area contributed by atoms with Crippen LogP contribution in [0.5, 0.6) is 11.5 Å². The molecule has 1 N–H and O–H groups in total. The first-order chi connectivity index (χ1) is 12.1. The van der Waals surface area contributed by atoms with Crippen molar-refractivity contribution < 1.29 is 19.2 Å². The Balaban J connectivity index is 2.02. The number of piperidine rings is 1. The molecule has 2 atom stereocenters. The van der Waals surface area contributed by atoms with Gasteiger partial charge in [0.25, 0.3) is 0 Å². The quantitative estimate of drug-likeness (QED) is 0.778. The van der Waals surface area contributed by atoms with Crippen LogP contribution in [0.1, 0.15) is 39.2 Å². The molecule has 2 rings (SSSR count). The van der Waals surface area contributed by atoms with Gasteiger partial charge in [0.15, 0.2) is 11.5 Å². The number of ether oxygens (including phenoxy) is 2. The molecule has 1 aliphatic rings. The Morgan fingerprint density at radius 1 is 1.24 bits per heavy atom. The number of hydrogen-bond donors (Lipinski definition) is 1. The number of likely N-dealkylation sites (tertiary alicyclic amines) is 1. The number of methoxy groups -OCH3 is 1. The summed E-state index contributed by atoms with van der Waals surface area (Å²) in [4.78, 5) is 16.1. The molecule has 0 spiro atoms. The van der Waals surface area contributed by atoms with Gasteiger partial charge in [-0.05, 0) is 51.8 Å². The highest BCUT2D eigenvalue weighted by Gasteiger charge is 2.31. The van der Waals surface area contributed by atoms with Gasteiger partial charge in [0, 0.05) is 18.7 Å². The molecule has 1 unspecified atom stereocenters. The van der Waals surface area contributed by atoms with E-state index < -0.39 is 0 Å². The maximum Gasteiger partial charge on any atom is 0.231 e. The first-order valence-electron chi connectivity index (χ1n) is 9.54. The minimum absolute atomic E-state index is 0.160. The lowest BCUT2D eigenvalue weighted by atomic mass is 9.96. The lowest BCUT2D eigenvalue weighted by Crippen LogP contribution is -3.12. The summed E-state index contributed by atoms with van der Waals surface area (Å²) in [6.07, 6.45) is 2.13. The summed E-state index contributed by atoms with van der Waals surface area (Å²) < 4.78 is 11.0. The number of hydrogen-bond acceptors (Lipinski definition) is 3. The maximum atomic E-state index is 12.7. The Bertz CT molecular complexity index is 558. The van der Waals surface area contributed by atoms with E-state index >= 15 is 0 Å². The summed E-state index contributed by atoms with van der Waals surface area (Å²) in [6.45, 7) is 11.3. The number of quaternary nitrogens is 1. The number of nitrogens with one attached hydrogen (secondary N) is 1. The molecule has 140 valence electrons. The minimum Gasteiger partial charge on any atom is -0.493 e. The Kier molecular flexibility index (Phi) is 7.56. The topological polar surface area (TPSA) is 43.2 Å². The fourth-order valence-corrected chi connectivity index (χ4v) is 3.70. The zero-order valence-corrected chi connectivity index (χ0v) is 16.1. The second-order valence-corrected chi connectivity index (χ2v) is 6.65. The molecule has 1 saturated heterocycles. The molecule has 1 amide bonds. The summed E-state index contributed by atoms with van der Waals surface area (Å²) in [5, 5.41) is 0. The molecular weight excluding hydrogens is 316 g/mol. The number of rotatable bonds is 8. The zero-order chi connectivity index (χ0) is 18.2. The number of carbonyl (C=O) groups is 1. The van der Waals surface area contributed by atoms with E-state index in [-0.39, 0.29) is 5.92 Å². The summed E-state index contributed by atoms with van der Waals surface area (Å²) >= 11 is 0. The summed E-state index contributed by atoms with van der Waals surface area (Å²) in [7, 11) is 1.66. The first kappa shape index (κ1) is 19.6. The van der Waals surface area contributed by atoms with Gasteiger partial charge in [-0.1, -0.05) is 0 Å². The molecule has 1 aromatic rings. The van der Waals surface area contributed by atoms with Gasteiger partial charge in [-0.15, -0.1) is 0 Å². The Labute approximate surface area is 151 Å². The molecule has 0 bridgehead atoms. The van der Waals surface area contributed by atoms with Gasteiger partial charge < -0.3 is 19.3 Å². The van der Waals surface area contributed by atoms with E-state index in [4.69, 9.17) is 9.47 Å². The van der Waals surface area contributed by atoms with E-state index in [1.165, 1.54) is 10.5 Å². The lowest BCUT2D eigenvalue weighted by molar-refractivity contribution is -0.921. The van der Waals surface area contributed by atoms with Crippen molar-refractivity contribution in [3.8, 4) is 11.5 Å². The zero-order valence-electron chi connectivity index (χ0n) is 16.1. The number of benzene rings is 1. The van der Waals surface area contributed by atoms with Gasteiger partial charge in [-0.2, -0.15) is 0 Å². The highest BCUT2D eigenvalue weighted by Crippen LogP contribution is 2.27. The second kappa shape index (κ2) is 9.66. The van der Waals surface area contributed by atoms with Crippen molar-refractivity contribution >= 4 is 5.91 Å². The van der Waals surface area contributed by atoms with Crippen molar-refractivity contribution in [2.24, 2.45) is 5.92 Å². The van der Waals surface area contributed by atoms with E-state index in [1.54, 1.807) is 7.11 Å². The van der Waals surface area contributed by atoms with E-state index in [0.29, 0.717) is 12.5 Å². The van der Waals surface area contributed by atoms with Crippen LogP contribution in [0.4, 0.5) is 0 Å². The Morgan fingerprint density at radius 2 is 2.00 bits per heavy atom. The van der Waals surface area contributed by atoms with Gasteiger partial charge in [0.2, 0.25) is 5.91 Å². The first-order valence-corrected chi connectivity index (χ1v) is 9.54. The van der Waals surface area contributed by atoms with Crippen LogP contribution in [0, 0.1) is 5.92 Å². The summed E-state index contributed by atoms with van der Waals surface area (Å²) in [5.41, 5.74) is 1.23. The minimum atomic E-state index is 0.160. The van der Waals surface area contributed by atoms with E-state index in [9.17, 15) is 4.79 Å². The molecule has 1 fully saturated rings. The monoisotopic (exact) mass is 349 g/mol. The van der Waals surface area contributed by atoms with Crippen LogP contribution in [-0.2, 0) is 11.3 Å². The molecular formula is C20H33N2O3+. The van der Waals surface area contributed by atoms with Crippen molar-refractivity contribution in [1.29, 1.82) is 0 Å². The molecule has 5 heteroatoms. The van der Waals surface area contributed by atoms with Crippen molar-refractivity contribution in [3.63, 3.8) is 0 Å². The SMILES string of the molecule is CCOc1cc(C[NH+]2CCC[C@H](C(=O)N(CC)CC)C2)ccc1OC. The summed E-state index contributed by atoms with van der Waals surface area (Å²) in [6, 6.07) is 6.15. The molecule has 1 aliphatic heterocycles. The maximum absolute atomic E-state index is 12.7. The van der Waals surface area contributed by atoms with Crippen LogP contribution in [0.15, 0.2) is 18.2 Å². The third kappa shape index (κ3) is 5.11. The number of carbonyl (C=O) groups excluding carboxylic acids is 1. The third-order valence-electron chi connectivity index (χ3n) is 5.02. The van der Waals surface area contributed by atoms with Crippen LogP contribution in [-0.4, -0.2) is 50.7 Å². The van der Waals surface area contributed by atoms with Crippen LogP contribution in [0.25, 0.3) is 0 Å². The average molecular weight is 349 g/mol. The fraction of sp³-hybridized carbons (Fsp3) is 0.650. The van der Waals surface area contributed by atoms with Crippen molar-refractivity contribution in [2.75, 3.05) is 39.9 Å². The molecule has 0 aliphatic carbocycles. The lowest BCUT2D eigenvalue weighted by Gasteiger charge is -2.32. The molecule has 25 heavy (non-hydrogen) atoms.